The number of nitrogens with zero attached hydrogens (tertiary/aromatic N) is 3. The van der Waals surface area contributed by atoms with Crippen LogP contribution in [0.25, 0.3) is 0 Å². The molecular formula is C12H10F3N3OS. The first-order chi connectivity index (χ1) is 9.41. The van der Waals surface area contributed by atoms with Crippen LogP contribution in [0.2, 0.25) is 0 Å². The molecule has 0 saturated heterocycles. The highest BCUT2D eigenvalue weighted by atomic mass is 32.1. The lowest BCUT2D eigenvalue weighted by Gasteiger charge is -2.17. The van der Waals surface area contributed by atoms with Crippen molar-refractivity contribution in [3.8, 4) is 0 Å². The fourth-order valence-electron chi connectivity index (χ4n) is 1.55. The van der Waals surface area contributed by atoms with Crippen molar-refractivity contribution in [1.82, 2.24) is 9.59 Å². The van der Waals surface area contributed by atoms with E-state index in [1.807, 2.05) is 0 Å². The van der Waals surface area contributed by atoms with Crippen molar-refractivity contribution in [3.63, 3.8) is 0 Å². The summed E-state index contributed by atoms with van der Waals surface area (Å²) in [6.07, 6.45) is -2.88. The summed E-state index contributed by atoms with van der Waals surface area (Å²) in [5.74, 6) is -1.17. The highest BCUT2D eigenvalue weighted by molar-refractivity contribution is 7.08. The number of benzene rings is 1. The third-order valence-electron chi connectivity index (χ3n) is 2.76. The number of alkyl halides is 2. The van der Waals surface area contributed by atoms with Crippen molar-refractivity contribution in [2.45, 2.75) is 13.3 Å². The van der Waals surface area contributed by atoms with Crippen molar-refractivity contribution in [2.75, 3.05) is 11.9 Å². The number of halogens is 3. The summed E-state index contributed by atoms with van der Waals surface area (Å²) in [5, 5.41) is 3.24. The van der Waals surface area contributed by atoms with Crippen molar-refractivity contribution >= 4 is 23.1 Å². The molecule has 0 aliphatic heterocycles. The van der Waals surface area contributed by atoms with Gasteiger partial charge in [-0.3, -0.25) is 4.79 Å². The van der Waals surface area contributed by atoms with Crippen LogP contribution in [-0.2, 0) is 0 Å². The first-order valence-corrected chi connectivity index (χ1v) is 6.33. The zero-order valence-corrected chi connectivity index (χ0v) is 11.4. The van der Waals surface area contributed by atoms with Gasteiger partial charge in [-0.2, -0.15) is 0 Å². The molecule has 0 bridgehead atoms. The molecule has 0 atom stereocenters. The van der Waals surface area contributed by atoms with E-state index in [4.69, 9.17) is 0 Å². The van der Waals surface area contributed by atoms with E-state index >= 15 is 0 Å². The van der Waals surface area contributed by atoms with E-state index in [2.05, 4.69) is 9.59 Å². The second-order valence-electron chi connectivity index (χ2n) is 4.09. The van der Waals surface area contributed by atoms with Crippen LogP contribution in [0.15, 0.2) is 18.2 Å². The molecule has 0 N–H and O–H groups in total. The molecular weight excluding hydrogens is 291 g/mol. The third kappa shape index (κ3) is 2.64. The second-order valence-corrected chi connectivity index (χ2v) is 4.84. The maximum Gasteiger partial charge on any atom is 0.283 e. The maximum absolute atomic E-state index is 13.5. The highest BCUT2D eigenvalue weighted by Gasteiger charge is 2.26. The molecule has 0 spiro atoms. The molecule has 2 rings (SSSR count). The normalized spacial score (nSPS) is 10.9. The Morgan fingerprint density at radius 3 is 2.70 bits per heavy atom. The van der Waals surface area contributed by atoms with Crippen molar-refractivity contribution in [1.29, 1.82) is 0 Å². The monoisotopic (exact) mass is 301 g/mol. The first kappa shape index (κ1) is 14.4. The molecule has 0 unspecified atom stereocenters. The summed E-state index contributed by atoms with van der Waals surface area (Å²) < 4.78 is 42.2. The Balaban J connectivity index is 2.32. The number of hydrogen-bond donors (Lipinski definition) is 0. The van der Waals surface area contributed by atoms with Gasteiger partial charge in [-0.1, -0.05) is 10.6 Å². The van der Waals surface area contributed by atoms with Crippen molar-refractivity contribution in [3.05, 3.63) is 40.2 Å². The number of carbonyl (C=O) groups is 1. The van der Waals surface area contributed by atoms with E-state index in [9.17, 15) is 18.0 Å². The molecule has 4 nitrogen and oxygen atoms in total. The molecule has 20 heavy (non-hydrogen) atoms. The number of anilines is 1. The molecule has 1 amide bonds. The van der Waals surface area contributed by atoms with Gasteiger partial charge < -0.3 is 4.90 Å². The summed E-state index contributed by atoms with van der Waals surface area (Å²) >= 11 is 0.590. The molecule has 1 heterocycles. The predicted molar refractivity (Wildman–Crippen MR) is 68.7 cm³/mol. The van der Waals surface area contributed by atoms with Crippen molar-refractivity contribution < 1.29 is 18.0 Å². The Kier molecular flexibility index (Phi) is 4.03. The van der Waals surface area contributed by atoms with Crippen LogP contribution in [0.4, 0.5) is 18.9 Å². The average Bonchev–Trinajstić information content (AvgIpc) is 2.89. The Morgan fingerprint density at radius 1 is 1.40 bits per heavy atom. The van der Waals surface area contributed by atoms with Crippen LogP contribution in [-0.4, -0.2) is 22.5 Å². The molecule has 0 aliphatic rings. The third-order valence-corrected chi connectivity index (χ3v) is 3.49. The fraction of sp³-hybridized carbons (Fsp3) is 0.250. The topological polar surface area (TPSA) is 46.1 Å². The Labute approximate surface area is 117 Å². The molecule has 1 aromatic carbocycles. The Morgan fingerprint density at radius 2 is 2.10 bits per heavy atom. The Hall–Kier alpha value is -1.96. The molecule has 0 fully saturated rings. The number of aryl methyl sites for hydroxylation is 1. The van der Waals surface area contributed by atoms with Gasteiger partial charge in [-0.05, 0) is 36.2 Å². The summed E-state index contributed by atoms with van der Waals surface area (Å²) in [5.41, 5.74) is 0.0495. The molecule has 8 heteroatoms. The summed E-state index contributed by atoms with van der Waals surface area (Å²) in [4.78, 5) is 13.0. The molecule has 0 aliphatic carbocycles. The van der Waals surface area contributed by atoms with E-state index < -0.39 is 23.8 Å². The summed E-state index contributed by atoms with van der Waals surface area (Å²) in [6, 6.07) is 4.21. The molecule has 106 valence electrons. The summed E-state index contributed by atoms with van der Waals surface area (Å²) in [6.45, 7) is 1.59. The van der Waals surface area contributed by atoms with Gasteiger partial charge in [0.15, 0.2) is 5.69 Å². The molecule has 0 radical (unpaired) electrons. The molecule has 2 aromatic rings. The lowest BCUT2D eigenvalue weighted by Crippen LogP contribution is -2.26. The van der Waals surface area contributed by atoms with E-state index in [1.54, 1.807) is 6.92 Å². The number of carbonyl (C=O) groups excluding carboxylic acids is 1. The van der Waals surface area contributed by atoms with Gasteiger partial charge in [0.1, 0.15) is 10.7 Å². The maximum atomic E-state index is 13.5. The van der Waals surface area contributed by atoms with Gasteiger partial charge >= 0.3 is 0 Å². The number of hydrogen-bond acceptors (Lipinski definition) is 4. The van der Waals surface area contributed by atoms with Crippen LogP contribution in [0.5, 0.6) is 0 Å². The largest absolute Gasteiger partial charge is 0.311 e. The molecule has 0 saturated carbocycles. The second kappa shape index (κ2) is 5.58. The van der Waals surface area contributed by atoms with Crippen LogP contribution >= 0.6 is 11.5 Å². The average molecular weight is 301 g/mol. The SMILES string of the molecule is Cc1ccc(N(C)C(=O)c2snnc2C(F)F)cc1F. The van der Waals surface area contributed by atoms with E-state index in [-0.39, 0.29) is 10.6 Å². The minimum absolute atomic E-state index is 0.247. The number of aromatic nitrogens is 2. The lowest BCUT2D eigenvalue weighted by molar-refractivity contribution is 0.0981. The van der Waals surface area contributed by atoms with Crippen LogP contribution < -0.4 is 4.90 Å². The fourth-order valence-corrected chi connectivity index (χ4v) is 2.20. The van der Waals surface area contributed by atoms with Gasteiger partial charge in [0.25, 0.3) is 12.3 Å². The lowest BCUT2D eigenvalue weighted by atomic mass is 10.2. The van der Waals surface area contributed by atoms with Gasteiger partial charge in [0.2, 0.25) is 0 Å². The van der Waals surface area contributed by atoms with Crippen molar-refractivity contribution in [2.24, 2.45) is 0 Å². The standard InChI is InChI=1S/C12H10F3N3OS/c1-6-3-4-7(5-8(6)13)18(2)12(19)10-9(11(14)15)16-17-20-10/h3-5,11H,1-2H3. The van der Waals surface area contributed by atoms with Crippen LogP contribution in [0.1, 0.15) is 27.4 Å². The van der Waals surface area contributed by atoms with Gasteiger partial charge in [0, 0.05) is 12.7 Å². The number of rotatable bonds is 3. The summed E-state index contributed by atoms with van der Waals surface area (Å²) in [7, 11) is 1.38. The van der Waals surface area contributed by atoms with Gasteiger partial charge in [-0.15, -0.1) is 5.10 Å². The zero-order chi connectivity index (χ0) is 14.9. The Bertz CT molecular complexity index is 645. The van der Waals surface area contributed by atoms with E-state index in [0.717, 1.165) is 4.90 Å². The van der Waals surface area contributed by atoms with E-state index in [0.29, 0.717) is 17.1 Å². The van der Waals surface area contributed by atoms with Gasteiger partial charge in [0.05, 0.1) is 0 Å². The zero-order valence-electron chi connectivity index (χ0n) is 10.6. The first-order valence-electron chi connectivity index (χ1n) is 5.56. The molecule has 1 aromatic heterocycles. The van der Waals surface area contributed by atoms with E-state index in [1.165, 1.54) is 25.2 Å². The van der Waals surface area contributed by atoms with Crippen LogP contribution in [0.3, 0.4) is 0 Å². The van der Waals surface area contributed by atoms with Gasteiger partial charge in [-0.25, -0.2) is 13.2 Å². The predicted octanol–water partition coefficient (Wildman–Crippen LogP) is 3.20. The minimum Gasteiger partial charge on any atom is -0.311 e. The highest BCUT2D eigenvalue weighted by Crippen LogP contribution is 2.26. The number of amides is 1. The van der Waals surface area contributed by atoms with Crippen LogP contribution in [0, 0.1) is 12.7 Å². The smallest absolute Gasteiger partial charge is 0.283 e. The quantitative estimate of drug-likeness (QED) is 0.874. The minimum atomic E-state index is -2.88.